The number of β-lactam (4-membered cyclic amide) rings is 1. The second-order valence-corrected chi connectivity index (χ2v) is 8.70. The number of carboxylic acid groups (broad SMARTS) is 2. The minimum Gasteiger partial charge on any atom is -0.483 e. The molecule has 0 radical (unpaired) electrons. The predicted octanol–water partition coefficient (Wildman–Crippen LogP) is -1.19. The van der Waals surface area contributed by atoms with Gasteiger partial charge in [0.25, 0.3) is 11.8 Å². The largest absolute Gasteiger partial charge is 0.483 e. The van der Waals surface area contributed by atoms with Crippen LogP contribution in [0.3, 0.4) is 0 Å². The maximum Gasteiger partial charge on any atom is 0.356 e. The quantitative estimate of drug-likeness (QED) is 0.115. The zero-order valence-electron chi connectivity index (χ0n) is 18.0. The van der Waals surface area contributed by atoms with E-state index in [0.29, 0.717) is 0 Å². The Morgan fingerprint density at radius 3 is 2.66 bits per heavy atom. The zero-order valence-corrected chi connectivity index (χ0v) is 19.6. The first-order valence-corrected chi connectivity index (χ1v) is 11.7. The van der Waals surface area contributed by atoms with Gasteiger partial charge < -0.3 is 35.6 Å². The number of rotatable bonds is 11. The highest BCUT2D eigenvalue weighted by Gasteiger charge is 2.55. The molecule has 17 heteroatoms. The van der Waals surface area contributed by atoms with Gasteiger partial charge in [0.2, 0.25) is 6.61 Å². The van der Waals surface area contributed by atoms with Crippen molar-refractivity contribution in [3.8, 4) is 0 Å². The van der Waals surface area contributed by atoms with Crippen molar-refractivity contribution in [2.75, 3.05) is 31.3 Å². The van der Waals surface area contributed by atoms with Crippen LogP contribution in [0, 0.1) is 0 Å². The number of nitrogen functional groups attached to an aromatic ring is 1. The molecule has 35 heavy (non-hydrogen) atoms. The van der Waals surface area contributed by atoms with E-state index in [1.807, 2.05) is 0 Å². The molecule has 15 nitrogen and oxygen atoms in total. The van der Waals surface area contributed by atoms with Gasteiger partial charge in [-0.1, -0.05) is 5.16 Å². The summed E-state index contributed by atoms with van der Waals surface area (Å²) in [5.41, 5.74) is 4.71. The maximum atomic E-state index is 12.8. The van der Waals surface area contributed by atoms with Crippen molar-refractivity contribution in [2.45, 2.75) is 18.3 Å². The second-order valence-electron chi connectivity index (χ2n) is 6.71. The number of carbonyl (C=O) groups is 5. The number of thiazole rings is 1. The lowest BCUT2D eigenvalue weighted by Crippen LogP contribution is -2.71. The van der Waals surface area contributed by atoms with E-state index in [2.05, 4.69) is 20.3 Å². The Morgan fingerprint density at radius 2 is 2.06 bits per heavy atom. The van der Waals surface area contributed by atoms with Crippen molar-refractivity contribution in [1.82, 2.24) is 15.2 Å². The number of fused-ring (bicyclic) bond motifs is 1. The normalized spacial score (nSPS) is 19.4. The molecule has 1 aromatic heterocycles. The Morgan fingerprint density at radius 1 is 1.31 bits per heavy atom. The highest BCUT2D eigenvalue weighted by atomic mass is 32.2. The first-order valence-electron chi connectivity index (χ1n) is 9.77. The highest BCUT2D eigenvalue weighted by Crippen LogP contribution is 2.40. The summed E-state index contributed by atoms with van der Waals surface area (Å²) in [6, 6.07) is -1.13. The van der Waals surface area contributed by atoms with Gasteiger partial charge in [-0.2, -0.15) is 0 Å². The molecule has 0 unspecified atom stereocenters. The Hall–Kier alpha value is -3.86. The summed E-state index contributed by atoms with van der Waals surface area (Å²) in [5, 5.41) is 25.0. The van der Waals surface area contributed by atoms with E-state index in [0.717, 1.165) is 28.0 Å². The summed E-state index contributed by atoms with van der Waals surface area (Å²) in [4.78, 5) is 69.2. The Bertz CT molecular complexity index is 1120. The van der Waals surface area contributed by atoms with E-state index in [-0.39, 0.29) is 28.9 Å². The lowest BCUT2D eigenvalue weighted by molar-refractivity contribution is -0.151. The minimum absolute atomic E-state index is 0.00362. The molecular formula is C18H19N5O10S2. The number of carboxylic acids is 2. The van der Waals surface area contributed by atoms with Crippen LogP contribution >= 0.6 is 23.1 Å². The molecule has 1 fully saturated rings. The lowest BCUT2D eigenvalue weighted by atomic mass is 10.0. The number of ether oxygens (including phenoxy) is 2. The standard InChI is InChI=1S/C18H19N5O10S2/c1-2-31-10(26)4-32-8-6-34-16-12(15(28)23(16)13(8)17(29)30)21-14(27)11(22-33-3-9(24)25)7-5-35-18(19)20-7/h5,12,16H,2-4,6H2,1H3,(H2,19,20)(H,21,27)(H,24,25)(H,29,30)/b22-11-/t12-,16-/m1/s1. The molecule has 3 rings (SSSR count). The number of amides is 2. The van der Waals surface area contributed by atoms with Crippen LogP contribution in [0.4, 0.5) is 5.13 Å². The first-order chi connectivity index (χ1) is 16.6. The molecule has 2 amide bonds. The van der Waals surface area contributed by atoms with Crippen LogP contribution in [0.5, 0.6) is 0 Å². The van der Waals surface area contributed by atoms with Crippen molar-refractivity contribution in [1.29, 1.82) is 0 Å². The van der Waals surface area contributed by atoms with Gasteiger partial charge in [-0.15, -0.1) is 23.1 Å². The van der Waals surface area contributed by atoms with Crippen molar-refractivity contribution in [2.24, 2.45) is 5.16 Å². The molecular weight excluding hydrogens is 510 g/mol. The number of aromatic nitrogens is 1. The number of hydrogen-bond acceptors (Lipinski definition) is 13. The Labute approximate surface area is 204 Å². The average Bonchev–Trinajstić information content (AvgIpc) is 3.23. The van der Waals surface area contributed by atoms with Crippen LogP contribution in [0.2, 0.25) is 0 Å². The van der Waals surface area contributed by atoms with Crippen molar-refractivity contribution in [3.05, 3.63) is 22.5 Å². The van der Waals surface area contributed by atoms with Crippen LogP contribution in [0.25, 0.3) is 0 Å². The monoisotopic (exact) mass is 529 g/mol. The summed E-state index contributed by atoms with van der Waals surface area (Å²) in [5.74, 6) is -5.21. The number of oxime groups is 1. The van der Waals surface area contributed by atoms with Gasteiger partial charge >= 0.3 is 17.9 Å². The number of hydrogen-bond donors (Lipinski definition) is 4. The van der Waals surface area contributed by atoms with Gasteiger partial charge in [0.15, 0.2) is 23.1 Å². The van der Waals surface area contributed by atoms with Gasteiger partial charge in [0, 0.05) is 5.38 Å². The van der Waals surface area contributed by atoms with Gasteiger partial charge in [-0.25, -0.2) is 19.4 Å². The Balaban J connectivity index is 1.75. The van der Waals surface area contributed by atoms with Gasteiger partial charge in [-0.05, 0) is 6.92 Å². The molecule has 3 heterocycles. The fourth-order valence-corrected chi connectivity index (χ4v) is 4.84. The van der Waals surface area contributed by atoms with Gasteiger partial charge in [0.1, 0.15) is 22.9 Å². The summed E-state index contributed by atoms with van der Waals surface area (Å²) in [7, 11) is 0. The smallest absolute Gasteiger partial charge is 0.356 e. The third kappa shape index (κ3) is 5.80. The number of nitrogens with two attached hydrogens (primary N) is 1. The molecule has 2 aliphatic rings. The highest BCUT2D eigenvalue weighted by molar-refractivity contribution is 8.00. The lowest BCUT2D eigenvalue weighted by Gasteiger charge is -2.48. The molecule has 1 saturated heterocycles. The topological polar surface area (TPSA) is 220 Å². The first kappa shape index (κ1) is 25.8. The number of anilines is 1. The third-order valence-corrected chi connectivity index (χ3v) is 6.34. The fourth-order valence-electron chi connectivity index (χ4n) is 3.01. The summed E-state index contributed by atoms with van der Waals surface area (Å²) < 4.78 is 10.0. The van der Waals surface area contributed by atoms with E-state index in [1.165, 1.54) is 5.38 Å². The van der Waals surface area contributed by atoms with Crippen molar-refractivity contribution >= 4 is 63.7 Å². The van der Waals surface area contributed by atoms with Crippen LogP contribution in [0.15, 0.2) is 22.0 Å². The zero-order chi connectivity index (χ0) is 25.7. The van der Waals surface area contributed by atoms with Crippen LogP contribution in [0.1, 0.15) is 12.6 Å². The molecule has 5 N–H and O–H groups in total. The predicted molar refractivity (Wildman–Crippen MR) is 119 cm³/mol. The van der Waals surface area contributed by atoms with E-state index >= 15 is 0 Å². The number of esters is 1. The summed E-state index contributed by atoms with van der Waals surface area (Å²) in [6.07, 6.45) is 0. The minimum atomic E-state index is -1.45. The number of carbonyl (C=O) groups excluding carboxylic acids is 3. The van der Waals surface area contributed by atoms with E-state index < -0.39 is 65.8 Å². The van der Waals surface area contributed by atoms with Crippen LogP contribution in [-0.2, 0) is 38.3 Å². The SMILES string of the molecule is CCOC(=O)COC1=C(C(=O)O)N2C(=O)[C@@H](NC(=O)/C(=N\OCC(=O)O)c3csc(N)n3)[C@H]2SC1. The molecule has 188 valence electrons. The van der Waals surface area contributed by atoms with Crippen LogP contribution < -0.4 is 11.1 Å². The molecule has 2 atom stereocenters. The molecule has 0 saturated carbocycles. The molecule has 0 aliphatic carbocycles. The van der Waals surface area contributed by atoms with E-state index in [1.54, 1.807) is 6.92 Å². The molecule has 2 aliphatic heterocycles. The Kier molecular flexibility index (Phi) is 8.13. The molecule has 1 aromatic rings. The fraction of sp³-hybridized carbons (Fsp3) is 0.389. The van der Waals surface area contributed by atoms with E-state index in [9.17, 15) is 29.1 Å². The second kappa shape index (κ2) is 11.0. The molecule has 0 spiro atoms. The number of nitrogens with one attached hydrogen (secondary N) is 1. The van der Waals surface area contributed by atoms with Crippen molar-refractivity contribution < 1.29 is 48.5 Å². The third-order valence-electron chi connectivity index (χ3n) is 4.42. The number of nitrogens with zero attached hydrogens (tertiary/aromatic N) is 3. The maximum absolute atomic E-state index is 12.8. The summed E-state index contributed by atoms with van der Waals surface area (Å²) >= 11 is 2.10. The number of thioether (sulfide) groups is 1. The van der Waals surface area contributed by atoms with E-state index in [4.69, 9.17) is 20.3 Å². The summed E-state index contributed by atoms with van der Waals surface area (Å²) in [6.45, 7) is 0.370. The van der Waals surface area contributed by atoms with Crippen LogP contribution in [-0.4, -0.2) is 92.5 Å². The average molecular weight is 530 g/mol. The van der Waals surface area contributed by atoms with Gasteiger partial charge in [-0.3, -0.25) is 14.5 Å². The number of aliphatic carboxylic acids is 2. The van der Waals surface area contributed by atoms with Gasteiger partial charge in [0.05, 0.1) is 12.4 Å². The molecule has 0 bridgehead atoms. The molecule has 0 aromatic carbocycles. The van der Waals surface area contributed by atoms with Crippen molar-refractivity contribution in [3.63, 3.8) is 0 Å².